The van der Waals surface area contributed by atoms with Crippen LogP contribution in [0, 0.1) is 0 Å². The van der Waals surface area contributed by atoms with Crippen molar-refractivity contribution in [3.63, 3.8) is 0 Å². The molecule has 84 valence electrons. The molecule has 15 heavy (non-hydrogen) atoms. The lowest BCUT2D eigenvalue weighted by Gasteiger charge is -2.15. The van der Waals surface area contributed by atoms with Crippen LogP contribution in [0.4, 0.5) is 0 Å². The first kappa shape index (κ1) is 12.5. The minimum absolute atomic E-state index is 0.200. The molecule has 0 aliphatic heterocycles. The summed E-state index contributed by atoms with van der Waals surface area (Å²) < 4.78 is 6.80. The average molecular weight is 272 g/mol. The molecule has 0 heterocycles. The van der Waals surface area contributed by atoms with Crippen molar-refractivity contribution in [2.24, 2.45) is 0 Å². The molecular weight excluding hydrogens is 254 g/mol. The van der Waals surface area contributed by atoms with Crippen LogP contribution in [-0.4, -0.2) is 19.2 Å². The number of nitrogens with one attached hydrogen (secondary N) is 1. The molecule has 1 aromatic carbocycles. The highest BCUT2D eigenvalue weighted by atomic mass is 79.9. The first-order chi connectivity index (χ1) is 7.22. The largest absolute Gasteiger partial charge is 0.489 e. The van der Waals surface area contributed by atoms with E-state index < -0.39 is 0 Å². The van der Waals surface area contributed by atoms with E-state index in [1.807, 2.05) is 24.3 Å². The van der Waals surface area contributed by atoms with Gasteiger partial charge in [-0.1, -0.05) is 28.9 Å². The molecule has 1 atom stereocenters. The van der Waals surface area contributed by atoms with Gasteiger partial charge in [0, 0.05) is 11.0 Å². The lowest BCUT2D eigenvalue weighted by Crippen LogP contribution is -2.29. The second kappa shape index (κ2) is 6.85. The number of benzene rings is 1. The van der Waals surface area contributed by atoms with E-state index in [2.05, 4.69) is 35.1 Å². The van der Waals surface area contributed by atoms with Crippen molar-refractivity contribution < 1.29 is 4.74 Å². The van der Waals surface area contributed by atoms with Crippen LogP contribution in [0.2, 0.25) is 0 Å². The molecule has 0 spiro atoms. The van der Waals surface area contributed by atoms with Gasteiger partial charge in [0.15, 0.2) is 0 Å². The van der Waals surface area contributed by atoms with Crippen molar-refractivity contribution in [2.75, 3.05) is 13.1 Å². The van der Waals surface area contributed by atoms with E-state index in [-0.39, 0.29) is 6.10 Å². The van der Waals surface area contributed by atoms with Crippen molar-refractivity contribution in [2.45, 2.75) is 26.4 Å². The molecule has 2 nitrogen and oxygen atoms in total. The predicted octanol–water partition coefficient (Wildman–Crippen LogP) is 3.22. The summed E-state index contributed by atoms with van der Waals surface area (Å²) in [6, 6.07) is 7.93. The number of hydrogen-bond donors (Lipinski definition) is 1. The third-order valence-corrected chi connectivity index (χ3v) is 2.49. The lowest BCUT2D eigenvalue weighted by molar-refractivity contribution is 0.217. The molecule has 0 amide bonds. The van der Waals surface area contributed by atoms with Crippen LogP contribution < -0.4 is 10.1 Å². The van der Waals surface area contributed by atoms with Crippen LogP contribution in [0.3, 0.4) is 0 Å². The Labute approximate surface area is 100 Å². The normalized spacial score (nSPS) is 12.5. The summed E-state index contributed by atoms with van der Waals surface area (Å²) in [5.74, 6) is 0.912. The topological polar surface area (TPSA) is 21.3 Å². The van der Waals surface area contributed by atoms with Crippen LogP contribution in [0.5, 0.6) is 5.75 Å². The minimum Gasteiger partial charge on any atom is -0.489 e. The quantitative estimate of drug-likeness (QED) is 0.803. The first-order valence-corrected chi connectivity index (χ1v) is 6.14. The van der Waals surface area contributed by atoms with Gasteiger partial charge in [-0.25, -0.2) is 0 Å². The smallest absolute Gasteiger partial charge is 0.120 e. The molecule has 0 saturated carbocycles. The zero-order valence-electron chi connectivity index (χ0n) is 9.29. The number of ether oxygens (including phenoxy) is 1. The fourth-order valence-electron chi connectivity index (χ4n) is 1.30. The molecule has 0 radical (unpaired) electrons. The summed E-state index contributed by atoms with van der Waals surface area (Å²) in [4.78, 5) is 0. The SMILES string of the molecule is CCCNCC(C)Oc1cccc(Br)c1. The van der Waals surface area contributed by atoms with Crippen LogP contribution >= 0.6 is 15.9 Å². The van der Waals surface area contributed by atoms with E-state index in [1.165, 1.54) is 0 Å². The van der Waals surface area contributed by atoms with Gasteiger partial charge in [-0.15, -0.1) is 0 Å². The monoisotopic (exact) mass is 271 g/mol. The average Bonchev–Trinajstić information content (AvgIpc) is 2.18. The molecule has 0 aromatic heterocycles. The van der Waals surface area contributed by atoms with Gasteiger partial charge in [0.1, 0.15) is 11.9 Å². The predicted molar refractivity (Wildman–Crippen MR) is 67.4 cm³/mol. The van der Waals surface area contributed by atoms with E-state index in [1.54, 1.807) is 0 Å². The van der Waals surface area contributed by atoms with E-state index in [0.29, 0.717) is 0 Å². The van der Waals surface area contributed by atoms with Crippen LogP contribution in [-0.2, 0) is 0 Å². The summed E-state index contributed by atoms with van der Waals surface area (Å²) in [5, 5.41) is 3.33. The van der Waals surface area contributed by atoms with Gasteiger partial charge in [-0.2, -0.15) is 0 Å². The van der Waals surface area contributed by atoms with Gasteiger partial charge in [0.2, 0.25) is 0 Å². The highest BCUT2D eigenvalue weighted by molar-refractivity contribution is 9.10. The van der Waals surface area contributed by atoms with E-state index in [0.717, 1.165) is 29.7 Å². The molecule has 0 aliphatic rings. The Morgan fingerprint density at radius 3 is 2.93 bits per heavy atom. The number of hydrogen-bond acceptors (Lipinski definition) is 2. The highest BCUT2D eigenvalue weighted by Gasteiger charge is 2.02. The summed E-state index contributed by atoms with van der Waals surface area (Å²) in [7, 11) is 0. The van der Waals surface area contributed by atoms with Gasteiger partial charge < -0.3 is 10.1 Å². The molecule has 1 aromatic rings. The van der Waals surface area contributed by atoms with Gasteiger partial charge in [0.05, 0.1) is 0 Å². The Balaban J connectivity index is 2.34. The number of halogens is 1. The van der Waals surface area contributed by atoms with Crippen molar-refractivity contribution in [1.82, 2.24) is 5.32 Å². The standard InChI is InChI=1S/C12H18BrNO/c1-3-7-14-9-10(2)15-12-6-4-5-11(13)8-12/h4-6,8,10,14H,3,7,9H2,1-2H3. The van der Waals surface area contributed by atoms with Crippen LogP contribution in [0.15, 0.2) is 28.7 Å². The first-order valence-electron chi connectivity index (χ1n) is 5.35. The maximum absolute atomic E-state index is 5.75. The molecule has 1 rings (SSSR count). The molecule has 1 N–H and O–H groups in total. The third-order valence-electron chi connectivity index (χ3n) is 1.99. The lowest BCUT2D eigenvalue weighted by atomic mass is 10.3. The van der Waals surface area contributed by atoms with E-state index in [9.17, 15) is 0 Å². The Hall–Kier alpha value is -0.540. The zero-order chi connectivity index (χ0) is 11.1. The minimum atomic E-state index is 0.200. The summed E-state index contributed by atoms with van der Waals surface area (Å²) in [5.41, 5.74) is 0. The Kier molecular flexibility index (Phi) is 5.73. The van der Waals surface area contributed by atoms with Crippen LogP contribution in [0.25, 0.3) is 0 Å². The Morgan fingerprint density at radius 2 is 2.27 bits per heavy atom. The van der Waals surface area contributed by atoms with Gasteiger partial charge in [-0.3, -0.25) is 0 Å². The van der Waals surface area contributed by atoms with Crippen molar-refractivity contribution >= 4 is 15.9 Å². The Bertz CT molecular complexity index is 291. The fourth-order valence-corrected chi connectivity index (χ4v) is 1.67. The summed E-state index contributed by atoms with van der Waals surface area (Å²) in [6.07, 6.45) is 1.36. The van der Waals surface area contributed by atoms with Crippen molar-refractivity contribution in [1.29, 1.82) is 0 Å². The van der Waals surface area contributed by atoms with Gasteiger partial charge >= 0.3 is 0 Å². The second-order valence-corrected chi connectivity index (χ2v) is 4.51. The molecule has 0 aliphatic carbocycles. The zero-order valence-corrected chi connectivity index (χ0v) is 10.9. The molecule has 0 fully saturated rings. The Morgan fingerprint density at radius 1 is 1.47 bits per heavy atom. The van der Waals surface area contributed by atoms with Crippen molar-refractivity contribution in [3.8, 4) is 5.75 Å². The third kappa shape index (κ3) is 5.19. The van der Waals surface area contributed by atoms with Crippen molar-refractivity contribution in [3.05, 3.63) is 28.7 Å². The molecular formula is C12H18BrNO. The van der Waals surface area contributed by atoms with E-state index in [4.69, 9.17) is 4.74 Å². The van der Waals surface area contributed by atoms with Gasteiger partial charge in [-0.05, 0) is 38.1 Å². The highest BCUT2D eigenvalue weighted by Crippen LogP contribution is 2.18. The molecule has 0 bridgehead atoms. The van der Waals surface area contributed by atoms with Crippen LogP contribution in [0.1, 0.15) is 20.3 Å². The van der Waals surface area contributed by atoms with E-state index >= 15 is 0 Å². The molecule has 1 unspecified atom stereocenters. The maximum Gasteiger partial charge on any atom is 0.120 e. The number of rotatable bonds is 6. The van der Waals surface area contributed by atoms with Gasteiger partial charge in [0.25, 0.3) is 0 Å². The molecule has 0 saturated heterocycles. The molecule has 3 heteroatoms. The summed E-state index contributed by atoms with van der Waals surface area (Å²) in [6.45, 7) is 6.17. The fraction of sp³-hybridized carbons (Fsp3) is 0.500. The second-order valence-electron chi connectivity index (χ2n) is 3.59. The maximum atomic E-state index is 5.75. The summed E-state index contributed by atoms with van der Waals surface area (Å²) >= 11 is 3.42.